The van der Waals surface area contributed by atoms with Crippen LogP contribution in [0.1, 0.15) is 20.9 Å². The summed E-state index contributed by atoms with van der Waals surface area (Å²) in [4.78, 5) is 31.2. The van der Waals surface area contributed by atoms with E-state index in [0.717, 1.165) is 66.1 Å². The average Bonchev–Trinajstić information content (AvgIpc) is 3.47. The smallest absolute Gasteiger partial charge is 0.258 e. The standard InChI is InChI=1S/C24H18N4O4S2/c1-15-11-17(3-7-21(15)25-13-19-5-9-23(33-19)27(29)30)18-4-8-22(16(2)12-18)26-14-20-6-10-24(34-20)28(31)32/h3-14H,1-2H3. The summed E-state index contributed by atoms with van der Waals surface area (Å²) in [6, 6.07) is 18.2. The maximum atomic E-state index is 10.8. The third kappa shape index (κ3) is 5.30. The van der Waals surface area contributed by atoms with Crippen LogP contribution in [0.3, 0.4) is 0 Å². The van der Waals surface area contributed by atoms with Crippen LogP contribution in [-0.4, -0.2) is 22.3 Å². The lowest BCUT2D eigenvalue weighted by Crippen LogP contribution is -1.84. The zero-order chi connectivity index (χ0) is 24.2. The third-order valence-corrected chi connectivity index (χ3v) is 6.92. The predicted molar refractivity (Wildman–Crippen MR) is 138 cm³/mol. The fourth-order valence-electron chi connectivity index (χ4n) is 3.25. The van der Waals surface area contributed by atoms with Gasteiger partial charge in [0.1, 0.15) is 0 Å². The summed E-state index contributed by atoms with van der Waals surface area (Å²) in [5, 5.41) is 21.8. The van der Waals surface area contributed by atoms with Crippen LogP contribution < -0.4 is 0 Å². The highest BCUT2D eigenvalue weighted by Crippen LogP contribution is 2.31. The van der Waals surface area contributed by atoms with E-state index in [2.05, 4.69) is 9.98 Å². The van der Waals surface area contributed by atoms with Gasteiger partial charge in [-0.15, -0.1) is 0 Å². The molecular weight excluding hydrogens is 472 g/mol. The number of nitro groups is 2. The molecule has 0 amide bonds. The Bertz CT molecular complexity index is 1340. The topological polar surface area (TPSA) is 111 Å². The van der Waals surface area contributed by atoms with Gasteiger partial charge in [0.15, 0.2) is 0 Å². The lowest BCUT2D eigenvalue weighted by Gasteiger charge is -2.08. The van der Waals surface area contributed by atoms with E-state index in [0.29, 0.717) is 0 Å². The van der Waals surface area contributed by atoms with E-state index in [9.17, 15) is 20.2 Å². The quantitative estimate of drug-likeness (QED) is 0.152. The Labute approximate surface area is 202 Å². The van der Waals surface area contributed by atoms with E-state index in [1.807, 2.05) is 50.2 Å². The van der Waals surface area contributed by atoms with Crippen molar-refractivity contribution in [2.45, 2.75) is 13.8 Å². The number of aryl methyl sites for hydroxylation is 2. The molecule has 10 heteroatoms. The Morgan fingerprint density at radius 3 is 1.41 bits per heavy atom. The molecule has 2 aromatic carbocycles. The highest BCUT2D eigenvalue weighted by Gasteiger charge is 2.10. The number of hydrogen-bond donors (Lipinski definition) is 0. The molecule has 0 N–H and O–H groups in total. The number of rotatable bonds is 7. The minimum atomic E-state index is -0.408. The SMILES string of the molecule is Cc1cc(-c2ccc(N=Cc3ccc([N+](=O)[O-])s3)c(C)c2)ccc1N=Cc1ccc([N+](=O)[O-])s1. The van der Waals surface area contributed by atoms with Gasteiger partial charge in [-0.1, -0.05) is 34.8 Å². The number of benzene rings is 2. The summed E-state index contributed by atoms with van der Waals surface area (Å²) in [7, 11) is 0. The van der Waals surface area contributed by atoms with Gasteiger partial charge >= 0.3 is 10.0 Å². The largest absolute Gasteiger partial charge is 0.324 e. The van der Waals surface area contributed by atoms with Crippen molar-refractivity contribution in [1.82, 2.24) is 0 Å². The van der Waals surface area contributed by atoms with Gasteiger partial charge in [0, 0.05) is 24.6 Å². The normalized spacial score (nSPS) is 11.5. The van der Waals surface area contributed by atoms with E-state index in [4.69, 9.17) is 0 Å². The van der Waals surface area contributed by atoms with Crippen molar-refractivity contribution in [2.24, 2.45) is 9.98 Å². The maximum Gasteiger partial charge on any atom is 0.324 e. The third-order valence-electron chi connectivity index (χ3n) is 4.97. The average molecular weight is 491 g/mol. The van der Waals surface area contributed by atoms with Gasteiger partial charge in [-0.3, -0.25) is 30.2 Å². The number of hydrogen-bond acceptors (Lipinski definition) is 8. The molecule has 0 saturated heterocycles. The minimum absolute atomic E-state index is 0.0911. The zero-order valence-electron chi connectivity index (χ0n) is 18.2. The van der Waals surface area contributed by atoms with Crippen molar-refractivity contribution in [1.29, 1.82) is 0 Å². The Balaban J connectivity index is 1.50. The summed E-state index contributed by atoms with van der Waals surface area (Å²) in [5.74, 6) is 0. The molecule has 0 bridgehead atoms. The molecule has 0 aliphatic heterocycles. The second-order valence-electron chi connectivity index (χ2n) is 7.39. The second kappa shape index (κ2) is 9.86. The van der Waals surface area contributed by atoms with Gasteiger partial charge in [0.05, 0.1) is 31.0 Å². The molecule has 0 aliphatic rings. The first-order valence-corrected chi connectivity index (χ1v) is 11.7. The fraction of sp³-hybridized carbons (Fsp3) is 0.0833. The van der Waals surface area contributed by atoms with Crippen LogP contribution in [0, 0.1) is 34.1 Å². The molecule has 0 atom stereocenters. The van der Waals surface area contributed by atoms with Gasteiger partial charge in [-0.05, 0) is 72.5 Å². The van der Waals surface area contributed by atoms with E-state index in [-0.39, 0.29) is 10.0 Å². The molecule has 0 spiro atoms. The Morgan fingerprint density at radius 1 is 0.676 bits per heavy atom. The predicted octanol–water partition coefficient (Wildman–Crippen LogP) is 7.41. The highest BCUT2D eigenvalue weighted by molar-refractivity contribution is 7.17. The maximum absolute atomic E-state index is 10.8. The second-order valence-corrected chi connectivity index (χ2v) is 9.57. The van der Waals surface area contributed by atoms with Crippen LogP contribution in [0.15, 0.2) is 70.6 Å². The molecule has 0 aliphatic carbocycles. The summed E-state index contributed by atoms with van der Waals surface area (Å²) in [5.41, 5.74) is 5.63. The first kappa shape index (κ1) is 23.1. The molecule has 8 nitrogen and oxygen atoms in total. The van der Waals surface area contributed by atoms with Gasteiger partial charge in [0.25, 0.3) is 0 Å². The molecule has 34 heavy (non-hydrogen) atoms. The highest BCUT2D eigenvalue weighted by atomic mass is 32.1. The van der Waals surface area contributed by atoms with E-state index < -0.39 is 9.85 Å². The lowest BCUT2D eigenvalue weighted by atomic mass is 10.00. The number of thiophene rings is 2. The van der Waals surface area contributed by atoms with Crippen LogP contribution >= 0.6 is 22.7 Å². The molecule has 2 heterocycles. The summed E-state index contributed by atoms with van der Waals surface area (Å²) < 4.78 is 0. The first-order chi connectivity index (χ1) is 16.3. The molecule has 4 aromatic rings. The van der Waals surface area contributed by atoms with E-state index in [1.165, 1.54) is 12.1 Å². The van der Waals surface area contributed by atoms with E-state index in [1.54, 1.807) is 24.6 Å². The summed E-state index contributed by atoms with van der Waals surface area (Å²) in [6.45, 7) is 3.94. The molecule has 170 valence electrons. The fourth-order valence-corrected chi connectivity index (χ4v) is 4.63. The van der Waals surface area contributed by atoms with Crippen molar-refractivity contribution >= 4 is 56.5 Å². The molecule has 4 rings (SSSR count). The zero-order valence-corrected chi connectivity index (χ0v) is 19.8. The molecule has 2 aromatic heterocycles. The molecule has 0 unspecified atom stereocenters. The van der Waals surface area contributed by atoms with Crippen molar-refractivity contribution in [2.75, 3.05) is 0 Å². The van der Waals surface area contributed by atoms with Gasteiger partial charge in [0.2, 0.25) is 0 Å². The van der Waals surface area contributed by atoms with Crippen molar-refractivity contribution in [3.05, 3.63) is 102 Å². The monoisotopic (exact) mass is 490 g/mol. The summed E-state index contributed by atoms with van der Waals surface area (Å²) in [6.07, 6.45) is 3.28. The van der Waals surface area contributed by atoms with Crippen molar-refractivity contribution < 1.29 is 9.85 Å². The van der Waals surface area contributed by atoms with E-state index >= 15 is 0 Å². The Hall–Kier alpha value is -4.02. The van der Waals surface area contributed by atoms with Crippen molar-refractivity contribution in [3.8, 4) is 11.1 Å². The Kier molecular flexibility index (Phi) is 6.71. The first-order valence-electron chi connectivity index (χ1n) is 10.1. The van der Waals surface area contributed by atoms with Crippen LogP contribution in [0.5, 0.6) is 0 Å². The van der Waals surface area contributed by atoms with Gasteiger partial charge < -0.3 is 0 Å². The van der Waals surface area contributed by atoms with Crippen molar-refractivity contribution in [3.63, 3.8) is 0 Å². The number of aliphatic imine (C=N–C) groups is 2. The Morgan fingerprint density at radius 2 is 1.09 bits per heavy atom. The van der Waals surface area contributed by atoms with Gasteiger partial charge in [-0.25, -0.2) is 0 Å². The lowest BCUT2D eigenvalue weighted by molar-refractivity contribution is -0.380. The van der Waals surface area contributed by atoms with Gasteiger partial charge in [-0.2, -0.15) is 0 Å². The molecular formula is C24H18N4O4S2. The molecule has 0 saturated carbocycles. The molecule has 0 radical (unpaired) electrons. The van der Waals surface area contributed by atoms with Crippen LogP contribution in [0.4, 0.5) is 21.4 Å². The number of nitrogens with zero attached hydrogens (tertiary/aromatic N) is 4. The summed E-state index contributed by atoms with van der Waals surface area (Å²) >= 11 is 2.17. The molecule has 0 fully saturated rings. The van der Waals surface area contributed by atoms with Crippen LogP contribution in [0.2, 0.25) is 0 Å². The van der Waals surface area contributed by atoms with Crippen LogP contribution in [-0.2, 0) is 0 Å². The minimum Gasteiger partial charge on any atom is -0.258 e. The van der Waals surface area contributed by atoms with Crippen LogP contribution in [0.25, 0.3) is 11.1 Å².